The predicted molar refractivity (Wildman–Crippen MR) is 74.6 cm³/mol. The van der Waals surface area contributed by atoms with Gasteiger partial charge in [-0.15, -0.1) is 0 Å². The van der Waals surface area contributed by atoms with Gasteiger partial charge in [0.1, 0.15) is 12.7 Å². The number of hydrogen-bond acceptors (Lipinski definition) is 4. The molecule has 0 radical (unpaired) electrons. The Kier molecular flexibility index (Phi) is 5.09. The van der Waals surface area contributed by atoms with Crippen molar-refractivity contribution in [1.82, 2.24) is 0 Å². The normalized spacial score (nSPS) is 17.8. The van der Waals surface area contributed by atoms with E-state index in [1.807, 2.05) is 0 Å². The summed E-state index contributed by atoms with van der Waals surface area (Å²) in [4.78, 5) is 23.2. The first-order chi connectivity index (χ1) is 9.69. The minimum atomic E-state index is -0.351. The molecule has 1 unspecified atom stereocenters. The van der Waals surface area contributed by atoms with Gasteiger partial charge in [0, 0.05) is 25.1 Å². The van der Waals surface area contributed by atoms with E-state index in [-0.39, 0.29) is 24.5 Å². The second kappa shape index (κ2) is 7.02. The fourth-order valence-corrected chi connectivity index (χ4v) is 1.97. The molecule has 1 aliphatic heterocycles. The summed E-state index contributed by atoms with van der Waals surface area (Å²) in [5.41, 5.74) is 1.33. The second-order valence-electron chi connectivity index (χ2n) is 4.55. The number of amides is 2. The van der Waals surface area contributed by atoms with Crippen LogP contribution < -0.4 is 10.6 Å². The van der Waals surface area contributed by atoms with E-state index in [1.165, 1.54) is 7.11 Å². The SMILES string of the molecule is COCC(=O)Nc1ccc(NC(=O)C2CCCO2)cc1. The highest BCUT2D eigenvalue weighted by molar-refractivity contribution is 5.95. The standard InChI is InChI=1S/C14H18N2O4/c1-19-9-13(17)15-10-4-6-11(7-5-10)16-14(18)12-3-2-8-20-12/h4-7,12H,2-3,8-9H2,1H3,(H,15,17)(H,16,18). The largest absolute Gasteiger partial charge is 0.375 e. The summed E-state index contributed by atoms with van der Waals surface area (Å²) >= 11 is 0. The van der Waals surface area contributed by atoms with Crippen LogP contribution >= 0.6 is 0 Å². The van der Waals surface area contributed by atoms with Gasteiger partial charge in [-0.2, -0.15) is 0 Å². The van der Waals surface area contributed by atoms with Crippen molar-refractivity contribution in [2.75, 3.05) is 31.0 Å². The first-order valence-electron chi connectivity index (χ1n) is 6.50. The number of carbonyl (C=O) groups is 2. The van der Waals surface area contributed by atoms with Gasteiger partial charge in [0.2, 0.25) is 5.91 Å². The van der Waals surface area contributed by atoms with Crippen molar-refractivity contribution in [3.63, 3.8) is 0 Å². The molecule has 20 heavy (non-hydrogen) atoms. The van der Waals surface area contributed by atoms with Gasteiger partial charge in [-0.05, 0) is 37.1 Å². The number of anilines is 2. The summed E-state index contributed by atoms with van der Waals surface area (Å²) in [5, 5.41) is 5.47. The Morgan fingerprint density at radius 3 is 2.45 bits per heavy atom. The number of hydrogen-bond donors (Lipinski definition) is 2. The number of ether oxygens (including phenoxy) is 2. The third-order valence-corrected chi connectivity index (χ3v) is 2.93. The van der Waals surface area contributed by atoms with Crippen LogP contribution in [-0.2, 0) is 19.1 Å². The molecule has 1 heterocycles. The van der Waals surface area contributed by atoms with Crippen molar-refractivity contribution in [2.24, 2.45) is 0 Å². The summed E-state index contributed by atoms with van der Waals surface area (Å²) in [6.07, 6.45) is 1.33. The van der Waals surface area contributed by atoms with Gasteiger partial charge in [-0.3, -0.25) is 9.59 Å². The predicted octanol–water partition coefficient (Wildman–Crippen LogP) is 1.39. The number of carbonyl (C=O) groups excluding carboxylic acids is 2. The Morgan fingerprint density at radius 1 is 1.25 bits per heavy atom. The van der Waals surface area contributed by atoms with Crippen LogP contribution in [0.5, 0.6) is 0 Å². The van der Waals surface area contributed by atoms with Gasteiger partial charge < -0.3 is 20.1 Å². The molecule has 1 saturated heterocycles. The molecule has 0 bridgehead atoms. The first kappa shape index (κ1) is 14.5. The van der Waals surface area contributed by atoms with Gasteiger partial charge in [0.15, 0.2) is 0 Å². The monoisotopic (exact) mass is 278 g/mol. The Bertz CT molecular complexity index is 467. The van der Waals surface area contributed by atoms with Crippen LogP contribution in [0, 0.1) is 0 Å². The molecule has 2 rings (SSSR count). The summed E-state index contributed by atoms with van der Waals surface area (Å²) in [7, 11) is 1.46. The number of methoxy groups -OCH3 is 1. The van der Waals surface area contributed by atoms with Gasteiger partial charge in [0.05, 0.1) is 0 Å². The van der Waals surface area contributed by atoms with E-state index in [4.69, 9.17) is 9.47 Å². The lowest BCUT2D eigenvalue weighted by Gasteiger charge is -2.11. The zero-order chi connectivity index (χ0) is 14.4. The molecular formula is C14H18N2O4. The van der Waals surface area contributed by atoms with Crippen LogP contribution in [0.3, 0.4) is 0 Å². The minimum absolute atomic E-state index is 0.0114. The van der Waals surface area contributed by atoms with Gasteiger partial charge in [-0.1, -0.05) is 0 Å². The maximum Gasteiger partial charge on any atom is 0.253 e. The molecule has 0 aromatic heterocycles. The van der Waals surface area contributed by atoms with Crippen molar-refractivity contribution >= 4 is 23.2 Å². The van der Waals surface area contributed by atoms with Crippen LogP contribution in [0.1, 0.15) is 12.8 Å². The molecule has 2 N–H and O–H groups in total. The Morgan fingerprint density at radius 2 is 1.90 bits per heavy atom. The molecule has 2 amide bonds. The highest BCUT2D eigenvalue weighted by Crippen LogP contribution is 2.17. The number of rotatable bonds is 5. The molecule has 1 aromatic carbocycles. The Balaban J connectivity index is 1.87. The Hall–Kier alpha value is -1.92. The molecule has 6 heteroatoms. The fraction of sp³-hybridized carbons (Fsp3) is 0.429. The lowest BCUT2D eigenvalue weighted by molar-refractivity contribution is -0.124. The maximum atomic E-state index is 11.8. The van der Waals surface area contributed by atoms with Crippen LogP contribution in [-0.4, -0.2) is 38.2 Å². The van der Waals surface area contributed by atoms with Crippen molar-refractivity contribution in [1.29, 1.82) is 0 Å². The van der Waals surface area contributed by atoms with E-state index in [2.05, 4.69) is 10.6 Å². The molecule has 6 nitrogen and oxygen atoms in total. The van der Waals surface area contributed by atoms with E-state index in [0.29, 0.717) is 18.0 Å². The highest BCUT2D eigenvalue weighted by atomic mass is 16.5. The zero-order valence-electron chi connectivity index (χ0n) is 11.3. The smallest absolute Gasteiger partial charge is 0.253 e. The molecule has 1 aromatic rings. The van der Waals surface area contributed by atoms with E-state index in [9.17, 15) is 9.59 Å². The summed E-state index contributed by atoms with van der Waals surface area (Å²) in [6.45, 7) is 0.653. The van der Waals surface area contributed by atoms with E-state index in [0.717, 1.165) is 12.8 Å². The van der Waals surface area contributed by atoms with Crippen molar-refractivity contribution in [3.8, 4) is 0 Å². The fourth-order valence-electron chi connectivity index (χ4n) is 1.97. The third kappa shape index (κ3) is 4.04. The lowest BCUT2D eigenvalue weighted by Crippen LogP contribution is -2.26. The van der Waals surface area contributed by atoms with Gasteiger partial charge >= 0.3 is 0 Å². The van der Waals surface area contributed by atoms with Crippen LogP contribution in [0.25, 0.3) is 0 Å². The van der Waals surface area contributed by atoms with E-state index >= 15 is 0 Å². The van der Waals surface area contributed by atoms with Crippen LogP contribution in [0.15, 0.2) is 24.3 Å². The van der Waals surface area contributed by atoms with Crippen molar-refractivity contribution in [2.45, 2.75) is 18.9 Å². The molecular weight excluding hydrogens is 260 g/mol. The number of nitrogens with one attached hydrogen (secondary N) is 2. The summed E-state index contributed by atoms with van der Waals surface area (Å²) < 4.78 is 10.0. The van der Waals surface area contributed by atoms with Crippen molar-refractivity contribution in [3.05, 3.63) is 24.3 Å². The maximum absolute atomic E-state index is 11.8. The highest BCUT2D eigenvalue weighted by Gasteiger charge is 2.23. The third-order valence-electron chi connectivity index (χ3n) is 2.93. The summed E-state index contributed by atoms with van der Waals surface area (Å²) in [5.74, 6) is -0.345. The molecule has 0 aliphatic carbocycles. The topological polar surface area (TPSA) is 76.7 Å². The second-order valence-corrected chi connectivity index (χ2v) is 4.55. The van der Waals surface area contributed by atoms with E-state index < -0.39 is 0 Å². The van der Waals surface area contributed by atoms with Gasteiger partial charge in [-0.25, -0.2) is 0 Å². The van der Waals surface area contributed by atoms with Crippen LogP contribution in [0.4, 0.5) is 11.4 Å². The average molecular weight is 278 g/mol. The molecule has 1 aliphatic rings. The number of benzene rings is 1. The van der Waals surface area contributed by atoms with Crippen LogP contribution in [0.2, 0.25) is 0 Å². The quantitative estimate of drug-likeness (QED) is 0.853. The molecule has 108 valence electrons. The lowest BCUT2D eigenvalue weighted by atomic mass is 10.2. The zero-order valence-corrected chi connectivity index (χ0v) is 11.3. The minimum Gasteiger partial charge on any atom is -0.375 e. The Labute approximate surface area is 117 Å². The molecule has 0 saturated carbocycles. The molecule has 0 spiro atoms. The molecule has 1 atom stereocenters. The van der Waals surface area contributed by atoms with Crippen molar-refractivity contribution < 1.29 is 19.1 Å². The first-order valence-corrected chi connectivity index (χ1v) is 6.50. The van der Waals surface area contributed by atoms with Gasteiger partial charge in [0.25, 0.3) is 5.91 Å². The molecule has 1 fully saturated rings. The average Bonchev–Trinajstić information content (AvgIpc) is 2.95. The van der Waals surface area contributed by atoms with E-state index in [1.54, 1.807) is 24.3 Å². The summed E-state index contributed by atoms with van der Waals surface area (Å²) in [6, 6.07) is 6.90.